The largest absolute Gasteiger partial charge is 0.324 e. The van der Waals surface area contributed by atoms with Gasteiger partial charge in [0.25, 0.3) is 0 Å². The van der Waals surface area contributed by atoms with Gasteiger partial charge in [0.15, 0.2) is 0 Å². The first kappa shape index (κ1) is 19.6. The molecule has 0 bridgehead atoms. The van der Waals surface area contributed by atoms with E-state index in [-0.39, 0.29) is 10.9 Å². The van der Waals surface area contributed by atoms with Crippen LogP contribution in [0.5, 0.6) is 0 Å². The second-order valence-corrected chi connectivity index (χ2v) is 8.00. The SMILES string of the molecule is N#CC(c1ccccc1)(c1ccc([N+](=O)[O-])s1)C(c1ccccc1)c1ccccc1. The molecule has 0 aliphatic rings. The molecule has 0 aliphatic heterocycles. The third-order valence-corrected chi connectivity index (χ3v) is 6.44. The van der Waals surface area contributed by atoms with Crippen LogP contribution in [0.1, 0.15) is 27.5 Å². The molecule has 1 heterocycles. The number of nitriles is 1. The Morgan fingerprint density at radius 1 is 0.800 bits per heavy atom. The highest BCUT2D eigenvalue weighted by Crippen LogP contribution is 2.50. The lowest BCUT2D eigenvalue weighted by atomic mass is 9.65. The molecule has 4 nitrogen and oxygen atoms in total. The van der Waals surface area contributed by atoms with Crippen molar-refractivity contribution in [2.45, 2.75) is 11.3 Å². The van der Waals surface area contributed by atoms with E-state index in [0.717, 1.165) is 28.0 Å². The van der Waals surface area contributed by atoms with E-state index in [1.165, 1.54) is 6.07 Å². The predicted molar refractivity (Wildman–Crippen MR) is 119 cm³/mol. The maximum absolute atomic E-state index is 11.4. The van der Waals surface area contributed by atoms with Crippen LogP contribution in [0.15, 0.2) is 103 Å². The summed E-state index contributed by atoms with van der Waals surface area (Å²) >= 11 is 1.06. The number of hydrogen-bond donors (Lipinski definition) is 0. The van der Waals surface area contributed by atoms with E-state index >= 15 is 0 Å². The van der Waals surface area contributed by atoms with Crippen molar-refractivity contribution in [1.82, 2.24) is 0 Å². The minimum absolute atomic E-state index is 0.0282. The molecule has 1 atom stereocenters. The zero-order chi connectivity index (χ0) is 21.0. The average Bonchev–Trinajstić information content (AvgIpc) is 3.30. The summed E-state index contributed by atoms with van der Waals surface area (Å²) in [6.07, 6.45) is 0. The van der Waals surface area contributed by atoms with Crippen LogP contribution in [0.25, 0.3) is 0 Å². The zero-order valence-electron chi connectivity index (χ0n) is 16.0. The van der Waals surface area contributed by atoms with Crippen molar-refractivity contribution < 1.29 is 4.92 Å². The first-order chi connectivity index (χ1) is 14.7. The van der Waals surface area contributed by atoms with Gasteiger partial charge in [0.1, 0.15) is 5.41 Å². The van der Waals surface area contributed by atoms with Gasteiger partial charge in [0, 0.05) is 16.9 Å². The van der Waals surface area contributed by atoms with E-state index in [2.05, 4.69) is 6.07 Å². The third-order valence-electron chi connectivity index (χ3n) is 5.26. The van der Waals surface area contributed by atoms with Gasteiger partial charge in [-0.3, -0.25) is 10.1 Å². The molecule has 3 aromatic carbocycles. The number of hydrogen-bond acceptors (Lipinski definition) is 4. The van der Waals surface area contributed by atoms with E-state index in [1.54, 1.807) is 6.07 Å². The average molecular weight is 410 g/mol. The van der Waals surface area contributed by atoms with Crippen LogP contribution in [0.3, 0.4) is 0 Å². The van der Waals surface area contributed by atoms with Crippen molar-refractivity contribution in [1.29, 1.82) is 5.26 Å². The Morgan fingerprint density at radius 2 is 1.30 bits per heavy atom. The summed E-state index contributed by atoms with van der Waals surface area (Å²) in [4.78, 5) is 11.7. The van der Waals surface area contributed by atoms with Crippen LogP contribution in [-0.4, -0.2) is 4.92 Å². The Balaban J connectivity index is 2.06. The first-order valence-corrected chi connectivity index (χ1v) is 10.3. The van der Waals surface area contributed by atoms with Gasteiger partial charge < -0.3 is 0 Å². The Morgan fingerprint density at radius 3 is 1.73 bits per heavy atom. The lowest BCUT2D eigenvalue weighted by molar-refractivity contribution is -0.380. The number of benzene rings is 3. The number of rotatable bonds is 6. The number of nitrogens with zero attached hydrogens (tertiary/aromatic N) is 2. The standard InChI is InChI=1S/C25H18N2O2S/c26-18-25(21-14-8-3-9-15-21,22-16-17-23(30-22)27(28)29)24(19-10-4-1-5-11-19)20-12-6-2-7-13-20/h1-17,24H. The molecular formula is C25H18N2O2S. The van der Waals surface area contributed by atoms with Crippen molar-refractivity contribution in [3.05, 3.63) is 135 Å². The van der Waals surface area contributed by atoms with Gasteiger partial charge in [0.05, 0.1) is 11.0 Å². The first-order valence-electron chi connectivity index (χ1n) is 9.48. The van der Waals surface area contributed by atoms with Crippen LogP contribution in [-0.2, 0) is 5.41 Å². The van der Waals surface area contributed by atoms with Gasteiger partial charge >= 0.3 is 5.00 Å². The van der Waals surface area contributed by atoms with Crippen LogP contribution in [0.4, 0.5) is 5.00 Å². The molecule has 0 N–H and O–H groups in total. The molecule has 4 aromatic rings. The van der Waals surface area contributed by atoms with Crippen LogP contribution in [0, 0.1) is 21.4 Å². The summed E-state index contributed by atoms with van der Waals surface area (Å²) in [5, 5.41) is 22.1. The molecule has 0 radical (unpaired) electrons. The van der Waals surface area contributed by atoms with Crippen molar-refractivity contribution in [3.8, 4) is 6.07 Å². The fourth-order valence-electron chi connectivity index (χ4n) is 3.96. The van der Waals surface area contributed by atoms with Crippen molar-refractivity contribution in [2.24, 2.45) is 0 Å². The number of nitro groups is 1. The monoisotopic (exact) mass is 410 g/mol. The topological polar surface area (TPSA) is 66.9 Å². The van der Waals surface area contributed by atoms with Gasteiger partial charge in [-0.25, -0.2) is 0 Å². The molecule has 0 aliphatic carbocycles. The van der Waals surface area contributed by atoms with Gasteiger partial charge in [-0.15, -0.1) is 0 Å². The van der Waals surface area contributed by atoms with Crippen LogP contribution in [0.2, 0.25) is 0 Å². The summed E-state index contributed by atoms with van der Waals surface area (Å²) < 4.78 is 0. The Labute approximate surface area is 178 Å². The van der Waals surface area contributed by atoms with Crippen molar-refractivity contribution >= 4 is 16.3 Å². The molecule has 146 valence electrons. The Kier molecular flexibility index (Phi) is 5.42. The van der Waals surface area contributed by atoms with E-state index in [4.69, 9.17) is 0 Å². The molecule has 0 amide bonds. The quantitative estimate of drug-likeness (QED) is 0.277. The van der Waals surface area contributed by atoms with E-state index in [0.29, 0.717) is 4.88 Å². The molecule has 4 rings (SSSR count). The summed E-state index contributed by atoms with van der Waals surface area (Å²) in [6, 6.07) is 35.1. The van der Waals surface area contributed by atoms with Gasteiger partial charge in [0.2, 0.25) is 0 Å². The Bertz CT molecular complexity index is 1140. The van der Waals surface area contributed by atoms with Gasteiger partial charge in [-0.05, 0) is 22.8 Å². The van der Waals surface area contributed by atoms with E-state index in [1.807, 2.05) is 91.0 Å². The number of thiophene rings is 1. The highest BCUT2D eigenvalue weighted by Gasteiger charge is 2.46. The summed E-state index contributed by atoms with van der Waals surface area (Å²) in [5.74, 6) is -0.342. The fraction of sp³-hybridized carbons (Fsp3) is 0.0800. The van der Waals surface area contributed by atoms with Crippen LogP contribution < -0.4 is 0 Å². The molecule has 1 aromatic heterocycles. The zero-order valence-corrected chi connectivity index (χ0v) is 16.8. The van der Waals surface area contributed by atoms with Crippen LogP contribution >= 0.6 is 11.3 Å². The molecule has 1 unspecified atom stereocenters. The van der Waals surface area contributed by atoms with Crippen molar-refractivity contribution in [3.63, 3.8) is 0 Å². The summed E-state index contributed by atoms with van der Waals surface area (Å²) in [6.45, 7) is 0. The second-order valence-electron chi connectivity index (χ2n) is 6.94. The second kappa shape index (κ2) is 8.32. The lowest BCUT2D eigenvalue weighted by Crippen LogP contribution is -2.33. The molecule has 0 fully saturated rings. The minimum Gasteiger partial charge on any atom is -0.258 e. The fourth-order valence-corrected chi connectivity index (χ4v) is 4.97. The minimum atomic E-state index is -1.12. The van der Waals surface area contributed by atoms with E-state index < -0.39 is 10.3 Å². The third kappa shape index (κ3) is 3.38. The molecule has 0 saturated heterocycles. The highest BCUT2D eigenvalue weighted by molar-refractivity contribution is 7.15. The van der Waals surface area contributed by atoms with Gasteiger partial charge in [-0.2, -0.15) is 5.26 Å². The van der Waals surface area contributed by atoms with Gasteiger partial charge in [-0.1, -0.05) is 102 Å². The maximum Gasteiger partial charge on any atom is 0.324 e. The lowest BCUT2D eigenvalue weighted by Gasteiger charge is -2.35. The molecule has 0 saturated carbocycles. The van der Waals surface area contributed by atoms with Crippen molar-refractivity contribution in [2.75, 3.05) is 0 Å². The normalized spacial score (nSPS) is 12.8. The maximum atomic E-state index is 11.4. The molecule has 0 spiro atoms. The molecule has 5 heteroatoms. The molecular weight excluding hydrogens is 392 g/mol. The summed E-state index contributed by atoms with van der Waals surface area (Å²) in [5.41, 5.74) is 1.64. The predicted octanol–water partition coefficient (Wildman–Crippen LogP) is 6.30. The highest BCUT2D eigenvalue weighted by atomic mass is 32.1. The molecule has 30 heavy (non-hydrogen) atoms. The van der Waals surface area contributed by atoms with E-state index in [9.17, 15) is 15.4 Å². The summed E-state index contributed by atoms with van der Waals surface area (Å²) in [7, 11) is 0. The Hall–Kier alpha value is -3.75. The smallest absolute Gasteiger partial charge is 0.258 e.